The number of nitrogens with zero attached hydrogens (tertiary/aromatic N) is 1. The lowest BCUT2D eigenvalue weighted by Crippen LogP contribution is -2.25. The van der Waals surface area contributed by atoms with Crippen molar-refractivity contribution in [2.75, 3.05) is 6.61 Å². The number of benzene rings is 1. The molecule has 4 nitrogen and oxygen atoms in total. The van der Waals surface area contributed by atoms with Crippen LogP contribution < -0.4 is 10.1 Å². The van der Waals surface area contributed by atoms with Crippen LogP contribution in [0.1, 0.15) is 12.1 Å². The molecule has 0 atom stereocenters. The highest BCUT2D eigenvalue weighted by molar-refractivity contribution is 5.75. The Balaban J connectivity index is 1.66. The number of nitrogens with one attached hydrogen (secondary N) is 1. The topological polar surface area (TPSA) is 43.3 Å². The van der Waals surface area contributed by atoms with Crippen LogP contribution in [0.3, 0.4) is 0 Å². The summed E-state index contributed by atoms with van der Waals surface area (Å²) in [4.78, 5) is 11.6. The molecule has 1 aromatic carbocycles. The first-order chi connectivity index (χ1) is 9.25. The molecule has 0 radical (unpaired) electrons. The molecular weight excluding hydrogens is 240 g/mol. The highest BCUT2D eigenvalue weighted by Crippen LogP contribution is 2.08. The molecular formula is C15H18N2O2. The third-order valence-electron chi connectivity index (χ3n) is 2.86. The van der Waals surface area contributed by atoms with Gasteiger partial charge in [-0.3, -0.25) is 4.79 Å². The van der Waals surface area contributed by atoms with E-state index in [0.29, 0.717) is 19.6 Å². The number of rotatable bonds is 6. The van der Waals surface area contributed by atoms with Crippen LogP contribution >= 0.6 is 0 Å². The maximum Gasteiger partial charge on any atom is 0.223 e. The molecule has 4 heteroatoms. The summed E-state index contributed by atoms with van der Waals surface area (Å²) in [5.74, 6) is 0.787. The van der Waals surface area contributed by atoms with Crippen LogP contribution in [-0.2, 0) is 18.4 Å². The van der Waals surface area contributed by atoms with E-state index in [0.717, 1.165) is 11.4 Å². The summed E-state index contributed by atoms with van der Waals surface area (Å²) in [7, 11) is 1.96. The smallest absolute Gasteiger partial charge is 0.223 e. The zero-order chi connectivity index (χ0) is 13.5. The van der Waals surface area contributed by atoms with Gasteiger partial charge in [-0.15, -0.1) is 0 Å². The van der Waals surface area contributed by atoms with Gasteiger partial charge < -0.3 is 14.6 Å². The fraction of sp³-hybridized carbons (Fsp3) is 0.267. The normalized spacial score (nSPS) is 10.2. The molecule has 100 valence electrons. The molecule has 0 unspecified atom stereocenters. The number of aromatic nitrogens is 1. The molecule has 1 amide bonds. The van der Waals surface area contributed by atoms with E-state index in [9.17, 15) is 4.79 Å². The van der Waals surface area contributed by atoms with Gasteiger partial charge in [0, 0.05) is 18.9 Å². The van der Waals surface area contributed by atoms with Crippen molar-refractivity contribution >= 4 is 5.91 Å². The quantitative estimate of drug-likeness (QED) is 0.862. The SMILES string of the molecule is Cn1cccc1CNC(=O)CCOc1ccccc1. The Bertz CT molecular complexity index is 520. The number of hydrogen-bond acceptors (Lipinski definition) is 2. The summed E-state index contributed by atoms with van der Waals surface area (Å²) in [5.41, 5.74) is 1.08. The third-order valence-corrected chi connectivity index (χ3v) is 2.86. The van der Waals surface area contributed by atoms with Crippen molar-refractivity contribution in [2.45, 2.75) is 13.0 Å². The highest BCUT2D eigenvalue weighted by atomic mass is 16.5. The summed E-state index contributed by atoms with van der Waals surface area (Å²) in [5, 5.41) is 2.87. The summed E-state index contributed by atoms with van der Waals surface area (Å²) < 4.78 is 7.46. The van der Waals surface area contributed by atoms with Gasteiger partial charge in [0.2, 0.25) is 5.91 Å². The van der Waals surface area contributed by atoms with E-state index >= 15 is 0 Å². The van der Waals surface area contributed by atoms with E-state index in [1.54, 1.807) is 0 Å². The highest BCUT2D eigenvalue weighted by Gasteiger charge is 2.03. The van der Waals surface area contributed by atoms with Gasteiger partial charge >= 0.3 is 0 Å². The Morgan fingerprint density at radius 2 is 2.00 bits per heavy atom. The van der Waals surface area contributed by atoms with E-state index in [-0.39, 0.29) is 5.91 Å². The second kappa shape index (κ2) is 6.64. The van der Waals surface area contributed by atoms with Crippen molar-refractivity contribution in [3.05, 3.63) is 54.4 Å². The summed E-state index contributed by atoms with van der Waals surface area (Å²) >= 11 is 0. The fourth-order valence-corrected chi connectivity index (χ4v) is 1.74. The standard InChI is InChI=1S/C15H18N2O2/c1-17-10-5-6-13(17)12-16-15(18)9-11-19-14-7-3-2-4-8-14/h2-8,10H,9,11-12H2,1H3,(H,16,18). The molecule has 0 saturated heterocycles. The van der Waals surface area contributed by atoms with Crippen molar-refractivity contribution in [3.63, 3.8) is 0 Å². The molecule has 1 N–H and O–H groups in total. The van der Waals surface area contributed by atoms with Crippen molar-refractivity contribution in [1.82, 2.24) is 9.88 Å². The predicted molar refractivity (Wildman–Crippen MR) is 73.8 cm³/mol. The van der Waals surface area contributed by atoms with Gasteiger partial charge in [-0.1, -0.05) is 18.2 Å². The monoisotopic (exact) mass is 258 g/mol. The number of amides is 1. The van der Waals surface area contributed by atoms with Crippen LogP contribution in [0.2, 0.25) is 0 Å². The number of carbonyl (C=O) groups excluding carboxylic acids is 1. The first-order valence-corrected chi connectivity index (χ1v) is 6.30. The van der Waals surface area contributed by atoms with Crippen molar-refractivity contribution in [3.8, 4) is 5.75 Å². The lowest BCUT2D eigenvalue weighted by Gasteiger charge is -2.08. The number of carbonyl (C=O) groups is 1. The Kier molecular flexibility index (Phi) is 4.61. The molecule has 1 heterocycles. The first-order valence-electron chi connectivity index (χ1n) is 6.30. The summed E-state index contributed by atoms with van der Waals surface area (Å²) in [6.07, 6.45) is 2.32. The second-order valence-corrected chi connectivity index (χ2v) is 4.30. The number of hydrogen-bond donors (Lipinski definition) is 1. The Morgan fingerprint density at radius 3 is 2.68 bits per heavy atom. The molecule has 0 bridgehead atoms. The number of aryl methyl sites for hydroxylation is 1. The molecule has 0 spiro atoms. The third kappa shape index (κ3) is 4.17. The van der Waals surface area contributed by atoms with Gasteiger partial charge in [-0.25, -0.2) is 0 Å². The van der Waals surface area contributed by atoms with Crippen LogP contribution in [0.15, 0.2) is 48.7 Å². The molecule has 0 aliphatic rings. The molecule has 19 heavy (non-hydrogen) atoms. The van der Waals surface area contributed by atoms with Crippen molar-refractivity contribution < 1.29 is 9.53 Å². The average Bonchev–Trinajstić information content (AvgIpc) is 2.83. The molecule has 2 aromatic rings. The minimum atomic E-state index is -0.00266. The molecule has 1 aromatic heterocycles. The minimum absolute atomic E-state index is 0.00266. The maximum absolute atomic E-state index is 11.6. The second-order valence-electron chi connectivity index (χ2n) is 4.30. The molecule has 2 rings (SSSR count). The van der Waals surface area contributed by atoms with Gasteiger partial charge in [0.25, 0.3) is 0 Å². The van der Waals surface area contributed by atoms with Crippen LogP contribution in [0.4, 0.5) is 0 Å². The zero-order valence-electron chi connectivity index (χ0n) is 11.0. The lowest BCUT2D eigenvalue weighted by molar-refractivity contribution is -0.121. The molecule has 0 aliphatic heterocycles. The van der Waals surface area contributed by atoms with Crippen LogP contribution in [0.5, 0.6) is 5.75 Å². The zero-order valence-corrected chi connectivity index (χ0v) is 11.0. The summed E-state index contributed by atoms with van der Waals surface area (Å²) in [6.45, 7) is 0.941. The fourth-order valence-electron chi connectivity index (χ4n) is 1.74. The largest absolute Gasteiger partial charge is 0.493 e. The van der Waals surface area contributed by atoms with Crippen molar-refractivity contribution in [1.29, 1.82) is 0 Å². The van der Waals surface area contributed by atoms with E-state index in [1.807, 2.05) is 60.3 Å². The number of para-hydroxylation sites is 1. The van der Waals surface area contributed by atoms with Gasteiger partial charge in [0.1, 0.15) is 5.75 Å². The van der Waals surface area contributed by atoms with Crippen LogP contribution in [-0.4, -0.2) is 17.1 Å². The molecule has 0 fully saturated rings. The predicted octanol–water partition coefficient (Wildman–Crippen LogP) is 2.11. The first kappa shape index (κ1) is 13.2. The van der Waals surface area contributed by atoms with Crippen molar-refractivity contribution in [2.24, 2.45) is 7.05 Å². The number of ether oxygens (including phenoxy) is 1. The van der Waals surface area contributed by atoms with E-state index in [2.05, 4.69) is 5.32 Å². The van der Waals surface area contributed by atoms with Gasteiger partial charge in [-0.2, -0.15) is 0 Å². The van der Waals surface area contributed by atoms with E-state index in [1.165, 1.54) is 0 Å². The van der Waals surface area contributed by atoms with Gasteiger partial charge in [-0.05, 0) is 24.3 Å². The Morgan fingerprint density at radius 1 is 1.21 bits per heavy atom. The van der Waals surface area contributed by atoms with E-state index < -0.39 is 0 Å². The maximum atomic E-state index is 11.6. The molecule has 0 aliphatic carbocycles. The van der Waals surface area contributed by atoms with Crippen LogP contribution in [0, 0.1) is 0 Å². The van der Waals surface area contributed by atoms with Gasteiger partial charge in [0.05, 0.1) is 19.6 Å². The van der Waals surface area contributed by atoms with Gasteiger partial charge in [0.15, 0.2) is 0 Å². The molecule has 0 saturated carbocycles. The Hall–Kier alpha value is -2.23. The minimum Gasteiger partial charge on any atom is -0.493 e. The lowest BCUT2D eigenvalue weighted by atomic mass is 10.3. The Labute approximate surface area is 113 Å². The summed E-state index contributed by atoms with van der Waals surface area (Å²) in [6, 6.07) is 13.4. The average molecular weight is 258 g/mol. The van der Waals surface area contributed by atoms with Crippen LogP contribution in [0.25, 0.3) is 0 Å². The van der Waals surface area contributed by atoms with E-state index in [4.69, 9.17) is 4.74 Å².